The summed E-state index contributed by atoms with van der Waals surface area (Å²) in [5.41, 5.74) is -0.0210. The maximum absolute atomic E-state index is 11.7. The van der Waals surface area contributed by atoms with E-state index in [1.807, 2.05) is 20.8 Å². The van der Waals surface area contributed by atoms with Crippen LogP contribution in [0.25, 0.3) is 0 Å². The van der Waals surface area contributed by atoms with Crippen molar-refractivity contribution in [3.05, 3.63) is 12.1 Å². The largest absolute Gasteiger partial charge is 0.481 e. The highest BCUT2D eigenvalue weighted by atomic mass is 16.5. The molecule has 1 N–H and O–H groups in total. The number of pyridine rings is 1. The van der Waals surface area contributed by atoms with E-state index in [9.17, 15) is 4.79 Å². The molecule has 0 spiro atoms. The van der Waals surface area contributed by atoms with E-state index in [1.165, 1.54) is 7.11 Å². The maximum atomic E-state index is 11.7. The SMILES string of the molecule is [B]c1ccc(NC(=O)C(C)(C)C)nc1OC. The Morgan fingerprint density at radius 1 is 1.44 bits per heavy atom. The summed E-state index contributed by atoms with van der Waals surface area (Å²) in [4.78, 5) is 15.8. The zero-order chi connectivity index (χ0) is 12.3. The van der Waals surface area contributed by atoms with Crippen molar-refractivity contribution in [2.75, 3.05) is 12.4 Å². The molecule has 0 aliphatic heterocycles. The van der Waals surface area contributed by atoms with Gasteiger partial charge < -0.3 is 10.1 Å². The molecule has 1 heterocycles. The van der Waals surface area contributed by atoms with Crippen LogP contribution in [-0.4, -0.2) is 25.8 Å². The van der Waals surface area contributed by atoms with Gasteiger partial charge in [0.25, 0.3) is 0 Å². The fourth-order valence-electron chi connectivity index (χ4n) is 0.988. The Labute approximate surface area is 96.8 Å². The van der Waals surface area contributed by atoms with E-state index in [-0.39, 0.29) is 5.91 Å². The number of nitrogens with zero attached hydrogens (tertiary/aromatic N) is 1. The van der Waals surface area contributed by atoms with Crippen molar-refractivity contribution in [3.63, 3.8) is 0 Å². The maximum Gasteiger partial charge on any atom is 0.230 e. The van der Waals surface area contributed by atoms with Gasteiger partial charge in [0.05, 0.1) is 7.11 Å². The van der Waals surface area contributed by atoms with Gasteiger partial charge in [-0.05, 0) is 11.5 Å². The molecule has 1 aromatic heterocycles. The van der Waals surface area contributed by atoms with Gasteiger partial charge in [-0.15, -0.1) is 0 Å². The van der Waals surface area contributed by atoms with E-state index in [1.54, 1.807) is 12.1 Å². The number of ether oxygens (including phenoxy) is 1. The molecule has 0 unspecified atom stereocenters. The summed E-state index contributed by atoms with van der Waals surface area (Å²) in [6.07, 6.45) is 0. The molecule has 2 radical (unpaired) electrons. The highest BCUT2D eigenvalue weighted by molar-refractivity contribution is 6.34. The minimum atomic E-state index is -0.462. The van der Waals surface area contributed by atoms with Gasteiger partial charge in [-0.1, -0.05) is 26.8 Å². The molecule has 0 aromatic carbocycles. The molecule has 4 nitrogen and oxygen atoms in total. The fraction of sp³-hybridized carbons (Fsp3) is 0.455. The summed E-state index contributed by atoms with van der Waals surface area (Å²) in [6.45, 7) is 5.49. The van der Waals surface area contributed by atoms with Gasteiger partial charge in [-0.25, -0.2) is 0 Å². The van der Waals surface area contributed by atoms with E-state index in [0.717, 1.165) is 0 Å². The lowest BCUT2D eigenvalue weighted by Crippen LogP contribution is -2.28. The highest BCUT2D eigenvalue weighted by Crippen LogP contribution is 2.16. The first-order valence-electron chi connectivity index (χ1n) is 4.96. The van der Waals surface area contributed by atoms with Crippen LogP contribution in [0.2, 0.25) is 0 Å². The number of carbonyl (C=O) groups excluding carboxylic acids is 1. The van der Waals surface area contributed by atoms with Crippen molar-refractivity contribution in [3.8, 4) is 5.88 Å². The number of rotatable bonds is 2. The molecule has 1 aromatic rings. The van der Waals surface area contributed by atoms with Crippen LogP contribution >= 0.6 is 0 Å². The highest BCUT2D eigenvalue weighted by Gasteiger charge is 2.21. The van der Waals surface area contributed by atoms with Crippen LogP contribution in [0.1, 0.15) is 20.8 Å². The van der Waals surface area contributed by atoms with E-state index in [0.29, 0.717) is 17.2 Å². The molecule has 84 valence electrons. The second-order valence-corrected chi connectivity index (χ2v) is 4.50. The summed E-state index contributed by atoms with van der Waals surface area (Å²) in [5.74, 6) is 0.643. The van der Waals surface area contributed by atoms with E-state index in [4.69, 9.17) is 12.6 Å². The molecule has 0 fully saturated rings. The Hall–Kier alpha value is -1.52. The summed E-state index contributed by atoms with van der Waals surface area (Å²) in [7, 11) is 7.10. The number of methoxy groups -OCH3 is 1. The zero-order valence-electron chi connectivity index (χ0n) is 10.00. The third-order valence-corrected chi connectivity index (χ3v) is 2.01. The Morgan fingerprint density at radius 2 is 2.06 bits per heavy atom. The summed E-state index contributed by atoms with van der Waals surface area (Å²) < 4.78 is 4.97. The first kappa shape index (κ1) is 12.6. The lowest BCUT2D eigenvalue weighted by Gasteiger charge is -2.17. The average Bonchev–Trinajstić information content (AvgIpc) is 2.19. The molecule has 0 atom stereocenters. The van der Waals surface area contributed by atoms with Crippen LogP contribution in [0.5, 0.6) is 5.88 Å². The van der Waals surface area contributed by atoms with Crippen LogP contribution in [0, 0.1) is 5.41 Å². The van der Waals surface area contributed by atoms with Crippen LogP contribution in [0.3, 0.4) is 0 Å². The van der Waals surface area contributed by atoms with Crippen LogP contribution in [0.15, 0.2) is 12.1 Å². The molecule has 5 heteroatoms. The van der Waals surface area contributed by atoms with E-state index < -0.39 is 5.41 Å². The molecule has 0 aliphatic carbocycles. The minimum absolute atomic E-state index is 0.105. The topological polar surface area (TPSA) is 51.2 Å². The van der Waals surface area contributed by atoms with Gasteiger partial charge in [0.1, 0.15) is 13.7 Å². The number of amides is 1. The van der Waals surface area contributed by atoms with Gasteiger partial charge in [0.2, 0.25) is 11.8 Å². The standard InChI is InChI=1S/C11H15BN2O2/c1-11(2,3)10(15)14-8-6-5-7(12)9(13-8)16-4/h5-6H,1-4H3,(H,13,14,15). The zero-order valence-corrected chi connectivity index (χ0v) is 10.00. The number of hydrogen-bond donors (Lipinski definition) is 1. The first-order valence-corrected chi connectivity index (χ1v) is 4.96. The van der Waals surface area contributed by atoms with Gasteiger partial charge in [-0.3, -0.25) is 4.79 Å². The lowest BCUT2D eigenvalue weighted by atomic mass is 9.95. The molecular formula is C11H15BN2O2. The molecule has 0 saturated heterocycles. The van der Waals surface area contributed by atoms with Crippen molar-refractivity contribution < 1.29 is 9.53 Å². The molecule has 1 amide bonds. The molecule has 0 aliphatic rings. The number of nitrogens with one attached hydrogen (secondary N) is 1. The molecule has 0 bridgehead atoms. The second kappa shape index (κ2) is 4.55. The Bertz CT molecular complexity index is 399. The van der Waals surface area contributed by atoms with Gasteiger partial charge in [0, 0.05) is 5.41 Å². The number of carbonyl (C=O) groups is 1. The summed E-state index contributed by atoms with van der Waals surface area (Å²) >= 11 is 0. The quantitative estimate of drug-likeness (QED) is 0.749. The van der Waals surface area contributed by atoms with Gasteiger partial charge in [-0.2, -0.15) is 4.98 Å². The van der Waals surface area contributed by atoms with Crippen molar-refractivity contribution in [1.82, 2.24) is 4.98 Å². The van der Waals surface area contributed by atoms with Crippen molar-refractivity contribution in [1.29, 1.82) is 0 Å². The minimum Gasteiger partial charge on any atom is -0.481 e. The number of anilines is 1. The average molecular weight is 218 g/mol. The van der Waals surface area contributed by atoms with Crippen LogP contribution < -0.4 is 15.5 Å². The van der Waals surface area contributed by atoms with Crippen molar-refractivity contribution in [2.24, 2.45) is 5.41 Å². The second-order valence-electron chi connectivity index (χ2n) is 4.50. The van der Waals surface area contributed by atoms with E-state index in [2.05, 4.69) is 10.3 Å². The summed E-state index contributed by atoms with van der Waals surface area (Å²) in [6, 6.07) is 3.28. The van der Waals surface area contributed by atoms with Crippen molar-refractivity contribution >= 4 is 25.0 Å². The third-order valence-electron chi connectivity index (χ3n) is 2.01. The Morgan fingerprint density at radius 3 is 2.56 bits per heavy atom. The fourth-order valence-corrected chi connectivity index (χ4v) is 0.988. The molecular weight excluding hydrogens is 203 g/mol. The predicted octanol–water partition coefficient (Wildman–Crippen LogP) is 0.869. The Balaban J connectivity index is 2.87. The van der Waals surface area contributed by atoms with Crippen molar-refractivity contribution in [2.45, 2.75) is 20.8 Å². The smallest absolute Gasteiger partial charge is 0.230 e. The van der Waals surface area contributed by atoms with E-state index >= 15 is 0 Å². The summed E-state index contributed by atoms with van der Waals surface area (Å²) in [5, 5.41) is 2.70. The normalized spacial score (nSPS) is 11.0. The molecule has 0 saturated carbocycles. The van der Waals surface area contributed by atoms with Crippen LogP contribution in [0.4, 0.5) is 5.82 Å². The monoisotopic (exact) mass is 218 g/mol. The number of aromatic nitrogens is 1. The van der Waals surface area contributed by atoms with Gasteiger partial charge >= 0.3 is 0 Å². The Kier molecular flexibility index (Phi) is 3.57. The van der Waals surface area contributed by atoms with Gasteiger partial charge in [0.15, 0.2) is 0 Å². The third kappa shape index (κ3) is 2.99. The number of hydrogen-bond acceptors (Lipinski definition) is 3. The first-order chi connectivity index (χ1) is 7.34. The predicted molar refractivity (Wildman–Crippen MR) is 64.3 cm³/mol. The molecule has 16 heavy (non-hydrogen) atoms. The molecule has 1 rings (SSSR count). The lowest BCUT2D eigenvalue weighted by molar-refractivity contribution is -0.123. The van der Waals surface area contributed by atoms with Crippen LogP contribution in [-0.2, 0) is 4.79 Å².